The first-order chi connectivity index (χ1) is 8.58. The standard InChI is InChI=1S/C12H19F3N2O2/c1-11(2,3)19-10(18)17-5-7-4-16-9(8(7)6-17)12(13,14)15/h7-9,16H,4-6H2,1-3H3/t7-,8+,9+/m1/s1. The zero-order valence-corrected chi connectivity index (χ0v) is 11.3. The molecule has 4 nitrogen and oxygen atoms in total. The summed E-state index contributed by atoms with van der Waals surface area (Å²) in [6, 6.07) is -1.51. The van der Waals surface area contributed by atoms with E-state index < -0.39 is 29.8 Å². The summed E-state index contributed by atoms with van der Waals surface area (Å²) in [5.74, 6) is -0.702. The van der Waals surface area contributed by atoms with Gasteiger partial charge in [0.15, 0.2) is 0 Å². The predicted octanol–water partition coefficient (Wildman–Crippen LogP) is 2.00. The molecular weight excluding hydrogens is 261 g/mol. The van der Waals surface area contributed by atoms with Gasteiger partial charge in [-0.25, -0.2) is 4.79 Å². The fraction of sp³-hybridized carbons (Fsp3) is 0.917. The van der Waals surface area contributed by atoms with Crippen molar-refractivity contribution < 1.29 is 22.7 Å². The number of fused-ring (bicyclic) bond motifs is 1. The molecule has 2 aliphatic heterocycles. The Hall–Kier alpha value is -0.980. The molecule has 2 rings (SSSR count). The number of hydrogen-bond acceptors (Lipinski definition) is 3. The van der Waals surface area contributed by atoms with Crippen LogP contribution >= 0.6 is 0 Å². The molecule has 1 amide bonds. The minimum atomic E-state index is -4.26. The van der Waals surface area contributed by atoms with Crippen LogP contribution in [-0.4, -0.2) is 48.4 Å². The van der Waals surface area contributed by atoms with Crippen molar-refractivity contribution in [1.82, 2.24) is 10.2 Å². The summed E-state index contributed by atoms with van der Waals surface area (Å²) in [6.45, 7) is 5.95. The van der Waals surface area contributed by atoms with E-state index in [2.05, 4.69) is 5.32 Å². The van der Waals surface area contributed by atoms with Gasteiger partial charge in [0, 0.05) is 25.6 Å². The molecule has 110 valence electrons. The maximum Gasteiger partial charge on any atom is 0.410 e. The maximum atomic E-state index is 12.8. The Kier molecular flexibility index (Phi) is 3.45. The zero-order chi connectivity index (χ0) is 14.4. The van der Waals surface area contributed by atoms with Gasteiger partial charge in [0.25, 0.3) is 0 Å². The molecule has 0 radical (unpaired) electrons. The molecule has 0 saturated carbocycles. The van der Waals surface area contributed by atoms with Crippen LogP contribution < -0.4 is 5.32 Å². The number of likely N-dealkylation sites (tertiary alicyclic amines) is 1. The van der Waals surface area contributed by atoms with Crippen molar-refractivity contribution in [2.45, 2.75) is 38.6 Å². The monoisotopic (exact) mass is 280 g/mol. The van der Waals surface area contributed by atoms with Crippen molar-refractivity contribution in [1.29, 1.82) is 0 Å². The third-order valence-corrected chi connectivity index (χ3v) is 3.52. The van der Waals surface area contributed by atoms with Crippen molar-refractivity contribution in [3.05, 3.63) is 0 Å². The van der Waals surface area contributed by atoms with Crippen LogP contribution in [0.5, 0.6) is 0 Å². The summed E-state index contributed by atoms with van der Waals surface area (Å²) in [7, 11) is 0. The van der Waals surface area contributed by atoms with Crippen LogP contribution in [0.15, 0.2) is 0 Å². The number of rotatable bonds is 0. The van der Waals surface area contributed by atoms with Crippen molar-refractivity contribution in [3.63, 3.8) is 0 Å². The van der Waals surface area contributed by atoms with Gasteiger partial charge in [0.05, 0.1) is 0 Å². The van der Waals surface area contributed by atoms with Crippen LogP contribution in [0.4, 0.5) is 18.0 Å². The zero-order valence-electron chi connectivity index (χ0n) is 11.3. The van der Waals surface area contributed by atoms with Gasteiger partial charge in [0.2, 0.25) is 0 Å². The molecule has 0 aromatic rings. The quantitative estimate of drug-likeness (QED) is 0.738. The van der Waals surface area contributed by atoms with Crippen LogP contribution in [0.2, 0.25) is 0 Å². The second-order valence-electron chi connectivity index (χ2n) is 6.24. The Balaban J connectivity index is 1.99. The Morgan fingerprint density at radius 1 is 1.26 bits per heavy atom. The lowest BCUT2D eigenvalue weighted by Gasteiger charge is -2.26. The highest BCUT2D eigenvalue weighted by Crippen LogP contribution is 2.38. The number of nitrogens with one attached hydrogen (secondary N) is 1. The van der Waals surface area contributed by atoms with E-state index in [4.69, 9.17) is 4.74 Å². The Morgan fingerprint density at radius 3 is 2.42 bits per heavy atom. The van der Waals surface area contributed by atoms with Gasteiger partial charge in [0.1, 0.15) is 11.6 Å². The highest BCUT2D eigenvalue weighted by Gasteiger charge is 2.54. The lowest BCUT2D eigenvalue weighted by atomic mass is 9.94. The number of amides is 1. The fourth-order valence-corrected chi connectivity index (χ4v) is 2.75. The molecular formula is C12H19F3N2O2. The lowest BCUT2D eigenvalue weighted by Crippen LogP contribution is -2.45. The van der Waals surface area contributed by atoms with Gasteiger partial charge in [-0.3, -0.25) is 0 Å². The largest absolute Gasteiger partial charge is 0.444 e. The number of carbonyl (C=O) groups excluding carboxylic acids is 1. The fourth-order valence-electron chi connectivity index (χ4n) is 2.75. The van der Waals surface area contributed by atoms with E-state index in [1.807, 2.05) is 0 Å². The number of alkyl halides is 3. The van der Waals surface area contributed by atoms with E-state index in [1.54, 1.807) is 20.8 Å². The van der Waals surface area contributed by atoms with E-state index in [9.17, 15) is 18.0 Å². The van der Waals surface area contributed by atoms with E-state index >= 15 is 0 Å². The highest BCUT2D eigenvalue weighted by molar-refractivity contribution is 5.68. The molecule has 0 aliphatic carbocycles. The number of nitrogens with zero attached hydrogens (tertiary/aromatic N) is 1. The first-order valence-corrected chi connectivity index (χ1v) is 6.36. The molecule has 1 N–H and O–H groups in total. The van der Waals surface area contributed by atoms with Crippen LogP contribution in [0.25, 0.3) is 0 Å². The second-order valence-corrected chi connectivity index (χ2v) is 6.24. The topological polar surface area (TPSA) is 41.6 Å². The van der Waals surface area contributed by atoms with Crippen LogP contribution in [0, 0.1) is 11.8 Å². The Bertz CT molecular complexity index is 365. The van der Waals surface area contributed by atoms with Crippen molar-refractivity contribution in [2.75, 3.05) is 19.6 Å². The summed E-state index contributed by atoms with van der Waals surface area (Å²) >= 11 is 0. The minimum Gasteiger partial charge on any atom is -0.444 e. The van der Waals surface area contributed by atoms with E-state index in [0.29, 0.717) is 13.1 Å². The highest BCUT2D eigenvalue weighted by atomic mass is 19.4. The third-order valence-electron chi connectivity index (χ3n) is 3.52. The third kappa shape index (κ3) is 3.13. The molecule has 2 fully saturated rings. The average molecular weight is 280 g/mol. The molecule has 0 spiro atoms. The summed E-state index contributed by atoms with van der Waals surface area (Å²) in [5.41, 5.74) is -0.629. The first kappa shape index (κ1) is 14.4. The molecule has 0 bridgehead atoms. The van der Waals surface area contributed by atoms with Gasteiger partial charge >= 0.3 is 12.3 Å². The predicted molar refractivity (Wildman–Crippen MR) is 62.6 cm³/mol. The van der Waals surface area contributed by atoms with E-state index in [1.165, 1.54) is 4.90 Å². The number of halogens is 3. The molecule has 7 heteroatoms. The summed E-state index contributed by atoms with van der Waals surface area (Å²) < 4.78 is 43.6. The Morgan fingerprint density at radius 2 is 1.89 bits per heavy atom. The van der Waals surface area contributed by atoms with Crippen LogP contribution in [0.3, 0.4) is 0 Å². The first-order valence-electron chi connectivity index (χ1n) is 6.36. The van der Waals surface area contributed by atoms with Gasteiger partial charge in [-0.1, -0.05) is 0 Å². The van der Waals surface area contributed by atoms with Crippen molar-refractivity contribution >= 4 is 6.09 Å². The molecule has 0 unspecified atom stereocenters. The van der Waals surface area contributed by atoms with Crippen molar-refractivity contribution in [3.8, 4) is 0 Å². The molecule has 0 aromatic carbocycles. The van der Waals surface area contributed by atoms with Gasteiger partial charge in [-0.05, 0) is 26.7 Å². The number of carbonyl (C=O) groups is 1. The summed E-state index contributed by atoms with van der Waals surface area (Å²) in [5, 5.41) is 2.50. The summed E-state index contributed by atoms with van der Waals surface area (Å²) in [4.78, 5) is 13.2. The summed E-state index contributed by atoms with van der Waals surface area (Å²) in [6.07, 6.45) is -4.79. The van der Waals surface area contributed by atoms with Crippen LogP contribution in [-0.2, 0) is 4.74 Å². The minimum absolute atomic E-state index is 0.108. The second kappa shape index (κ2) is 4.54. The van der Waals surface area contributed by atoms with Gasteiger partial charge in [-0.2, -0.15) is 13.2 Å². The normalized spacial score (nSPS) is 31.5. The Labute approximate surface area is 110 Å². The smallest absolute Gasteiger partial charge is 0.410 e. The number of ether oxygens (including phenoxy) is 1. The maximum absolute atomic E-state index is 12.8. The molecule has 2 aliphatic rings. The van der Waals surface area contributed by atoms with Gasteiger partial charge in [-0.15, -0.1) is 0 Å². The molecule has 19 heavy (non-hydrogen) atoms. The molecule has 2 saturated heterocycles. The van der Waals surface area contributed by atoms with E-state index in [0.717, 1.165) is 0 Å². The molecule has 2 heterocycles. The number of hydrogen-bond donors (Lipinski definition) is 1. The lowest BCUT2D eigenvalue weighted by molar-refractivity contribution is -0.161. The average Bonchev–Trinajstić information content (AvgIpc) is 2.68. The molecule has 3 atom stereocenters. The SMILES string of the molecule is CC(C)(C)OC(=O)N1C[C@H]2CN[C@H](C(F)(F)F)[C@H]2C1. The van der Waals surface area contributed by atoms with E-state index in [-0.39, 0.29) is 12.5 Å². The van der Waals surface area contributed by atoms with Gasteiger partial charge < -0.3 is 15.0 Å². The molecule has 0 aromatic heterocycles. The van der Waals surface area contributed by atoms with Crippen LogP contribution in [0.1, 0.15) is 20.8 Å². The van der Waals surface area contributed by atoms with Crippen molar-refractivity contribution in [2.24, 2.45) is 11.8 Å².